The number of hydrogen-bond acceptors (Lipinski definition) is 11. The molecule has 0 radical (unpaired) electrons. The van der Waals surface area contributed by atoms with Crippen LogP contribution in [0.25, 0.3) is 22.2 Å². The minimum Gasteiger partial charge on any atom is -0.495 e. The van der Waals surface area contributed by atoms with Gasteiger partial charge in [-0.3, -0.25) is 19.2 Å². The fourth-order valence-corrected chi connectivity index (χ4v) is 5.05. The number of hydrazone groups is 1. The number of pyridine rings is 1. The summed E-state index contributed by atoms with van der Waals surface area (Å²) in [4.78, 5) is 34.8. The van der Waals surface area contributed by atoms with Crippen LogP contribution < -0.4 is 36.7 Å². The Kier molecular flexibility index (Phi) is 7.89. The van der Waals surface area contributed by atoms with Gasteiger partial charge in [0.1, 0.15) is 17.1 Å². The highest BCUT2D eigenvalue weighted by Crippen LogP contribution is 2.45. The van der Waals surface area contributed by atoms with E-state index in [1.807, 2.05) is 6.07 Å². The average molecular weight is 610 g/mol. The molecule has 0 bridgehead atoms. The Hall–Kier alpha value is -4.85. The van der Waals surface area contributed by atoms with E-state index in [4.69, 9.17) is 32.7 Å². The van der Waals surface area contributed by atoms with Crippen LogP contribution in [0.2, 0.25) is 10.0 Å². The van der Waals surface area contributed by atoms with Crippen LogP contribution in [0.15, 0.2) is 59.1 Å². The molecule has 2 aromatic heterocycles. The fourth-order valence-electron chi connectivity index (χ4n) is 4.35. The van der Waals surface area contributed by atoms with Gasteiger partial charge in [0.15, 0.2) is 5.84 Å². The number of aromatic nitrogens is 3. The number of carbonyl (C=O) groups is 1. The SMILES string of the molecule is C=CC(=O)Nc1cc(C2=NNNN2C)ccc1Nc1ncc2cc(-c3c(Cl)c(OC)cc(OC)c3Cl)c(=O)n(C)c2n1. The first-order valence-corrected chi connectivity index (χ1v) is 13.1. The highest BCUT2D eigenvalue weighted by Gasteiger charge is 2.23. The van der Waals surface area contributed by atoms with Crippen LogP contribution in [0.1, 0.15) is 5.56 Å². The second-order valence-corrected chi connectivity index (χ2v) is 9.73. The number of anilines is 3. The van der Waals surface area contributed by atoms with Crippen molar-refractivity contribution < 1.29 is 14.3 Å². The van der Waals surface area contributed by atoms with E-state index in [0.29, 0.717) is 39.7 Å². The normalized spacial score (nSPS) is 12.5. The molecule has 0 saturated carbocycles. The Morgan fingerprint density at radius 3 is 2.40 bits per heavy atom. The van der Waals surface area contributed by atoms with Crippen molar-refractivity contribution in [2.24, 2.45) is 12.1 Å². The van der Waals surface area contributed by atoms with Crippen LogP contribution in [0.5, 0.6) is 11.5 Å². The maximum atomic E-state index is 13.6. The average Bonchev–Trinajstić information content (AvgIpc) is 3.42. The lowest BCUT2D eigenvalue weighted by atomic mass is 10.0. The second kappa shape index (κ2) is 11.6. The number of aryl methyl sites for hydroxylation is 1. The van der Waals surface area contributed by atoms with Gasteiger partial charge in [-0.2, -0.15) is 4.98 Å². The summed E-state index contributed by atoms with van der Waals surface area (Å²) in [5.41, 5.74) is 7.59. The molecule has 1 aliphatic rings. The fraction of sp³-hybridized carbons (Fsp3) is 0.148. The zero-order valence-corrected chi connectivity index (χ0v) is 24.4. The molecule has 0 atom stereocenters. The molecule has 2 aromatic carbocycles. The quantitative estimate of drug-likeness (QED) is 0.217. The molecule has 216 valence electrons. The van der Waals surface area contributed by atoms with Gasteiger partial charge in [0, 0.05) is 42.9 Å². The van der Waals surface area contributed by atoms with Crippen LogP contribution in [0.4, 0.5) is 17.3 Å². The molecule has 3 heterocycles. The van der Waals surface area contributed by atoms with Crippen LogP contribution in [-0.2, 0) is 11.8 Å². The summed E-state index contributed by atoms with van der Waals surface area (Å²) in [6.07, 6.45) is 2.72. The summed E-state index contributed by atoms with van der Waals surface area (Å²) >= 11 is 13.2. The molecule has 0 saturated heterocycles. The van der Waals surface area contributed by atoms with E-state index in [2.05, 4.69) is 43.4 Å². The van der Waals surface area contributed by atoms with Crippen molar-refractivity contribution >= 4 is 63.3 Å². The zero-order chi connectivity index (χ0) is 30.1. The number of fused-ring (bicyclic) bond motifs is 1. The molecule has 0 unspecified atom stereocenters. The maximum Gasteiger partial charge on any atom is 0.259 e. The third-order valence-corrected chi connectivity index (χ3v) is 7.21. The minimum absolute atomic E-state index is 0.165. The summed E-state index contributed by atoms with van der Waals surface area (Å²) < 4.78 is 12.1. The molecular formula is C27H25Cl2N9O4. The van der Waals surface area contributed by atoms with E-state index in [9.17, 15) is 9.59 Å². The third-order valence-electron chi connectivity index (χ3n) is 6.46. The summed E-state index contributed by atoms with van der Waals surface area (Å²) in [6, 6.07) is 8.46. The summed E-state index contributed by atoms with van der Waals surface area (Å²) in [5, 5.41) is 12.7. The van der Waals surface area contributed by atoms with Crippen LogP contribution >= 0.6 is 23.2 Å². The molecule has 0 spiro atoms. The second-order valence-electron chi connectivity index (χ2n) is 8.98. The molecule has 0 fully saturated rings. The van der Waals surface area contributed by atoms with Crippen molar-refractivity contribution in [3.05, 3.63) is 75.1 Å². The van der Waals surface area contributed by atoms with Gasteiger partial charge in [-0.15, -0.1) is 10.6 Å². The first kappa shape index (κ1) is 28.7. The standard InChI is InChI=1S/C27H25Cl2N9O4/c1-6-20(39)31-17-10-13(25-34-35-36-38(25)3)7-8-16(17)32-27-30-12-14-9-15(26(40)37(2)24(14)33-27)21-22(28)18(41-4)11-19(42-5)23(21)29/h6-12,35-36H,1H2,2-5H3,(H,31,39)(H,30,32,33). The molecule has 1 aliphatic heterocycles. The maximum absolute atomic E-state index is 13.6. The van der Waals surface area contributed by atoms with E-state index >= 15 is 0 Å². The highest BCUT2D eigenvalue weighted by molar-refractivity contribution is 6.41. The van der Waals surface area contributed by atoms with Gasteiger partial charge in [-0.25, -0.2) is 10.5 Å². The molecule has 5 rings (SSSR count). The highest BCUT2D eigenvalue weighted by atomic mass is 35.5. The summed E-state index contributed by atoms with van der Waals surface area (Å²) in [6.45, 7) is 3.52. The van der Waals surface area contributed by atoms with E-state index in [1.54, 1.807) is 49.6 Å². The number of hydrogen-bond donors (Lipinski definition) is 4. The Morgan fingerprint density at radius 2 is 1.79 bits per heavy atom. The van der Waals surface area contributed by atoms with E-state index < -0.39 is 11.5 Å². The first-order chi connectivity index (χ1) is 20.2. The Labute approximate surface area is 249 Å². The van der Waals surface area contributed by atoms with Gasteiger partial charge in [0.05, 0.1) is 41.2 Å². The molecule has 13 nitrogen and oxygen atoms in total. The van der Waals surface area contributed by atoms with E-state index in [-0.39, 0.29) is 27.1 Å². The summed E-state index contributed by atoms with van der Waals surface area (Å²) in [7, 11) is 6.28. The number of halogens is 2. The lowest BCUT2D eigenvalue weighted by Gasteiger charge is -2.17. The number of nitrogens with zero attached hydrogens (tertiary/aromatic N) is 5. The third kappa shape index (κ3) is 5.16. The summed E-state index contributed by atoms with van der Waals surface area (Å²) in [5.74, 6) is 0.988. The number of amides is 1. The molecule has 4 aromatic rings. The lowest BCUT2D eigenvalue weighted by molar-refractivity contribution is -0.111. The molecule has 1 amide bonds. The smallest absolute Gasteiger partial charge is 0.259 e. The predicted octanol–water partition coefficient (Wildman–Crippen LogP) is 3.80. The van der Waals surface area contributed by atoms with Gasteiger partial charge in [-0.05, 0) is 30.3 Å². The Bertz CT molecular complexity index is 1810. The largest absolute Gasteiger partial charge is 0.495 e. The van der Waals surface area contributed by atoms with E-state index in [0.717, 1.165) is 11.6 Å². The molecular weight excluding hydrogens is 585 g/mol. The van der Waals surface area contributed by atoms with Gasteiger partial charge in [0.2, 0.25) is 11.9 Å². The number of benzene rings is 2. The Balaban J connectivity index is 1.57. The number of rotatable bonds is 8. The number of nitrogens with one attached hydrogen (secondary N) is 4. The van der Waals surface area contributed by atoms with Crippen molar-refractivity contribution in [2.45, 2.75) is 0 Å². The molecule has 42 heavy (non-hydrogen) atoms. The van der Waals surface area contributed by atoms with Gasteiger partial charge in [-0.1, -0.05) is 29.8 Å². The lowest BCUT2D eigenvalue weighted by Crippen LogP contribution is -2.37. The monoisotopic (exact) mass is 609 g/mol. The minimum atomic E-state index is -0.408. The van der Waals surface area contributed by atoms with Gasteiger partial charge in [0.25, 0.3) is 5.56 Å². The van der Waals surface area contributed by atoms with Crippen molar-refractivity contribution in [1.82, 2.24) is 30.6 Å². The first-order valence-electron chi connectivity index (χ1n) is 12.3. The number of methoxy groups -OCH3 is 2. The zero-order valence-electron chi connectivity index (χ0n) is 22.9. The number of ether oxygens (including phenoxy) is 2. The van der Waals surface area contributed by atoms with Gasteiger partial charge < -0.3 is 20.1 Å². The van der Waals surface area contributed by atoms with Crippen LogP contribution in [-0.4, -0.2) is 52.6 Å². The number of carbonyl (C=O) groups excluding carboxylic acids is 1. The van der Waals surface area contributed by atoms with Crippen LogP contribution in [0.3, 0.4) is 0 Å². The van der Waals surface area contributed by atoms with Gasteiger partial charge >= 0.3 is 0 Å². The predicted molar refractivity (Wildman–Crippen MR) is 162 cm³/mol. The molecule has 15 heteroatoms. The Morgan fingerprint density at radius 1 is 1.07 bits per heavy atom. The van der Waals surface area contributed by atoms with Crippen molar-refractivity contribution in [3.63, 3.8) is 0 Å². The van der Waals surface area contributed by atoms with Crippen molar-refractivity contribution in [2.75, 3.05) is 31.9 Å². The topological polar surface area (TPSA) is 147 Å². The molecule has 0 aliphatic carbocycles. The molecule has 4 N–H and O–H groups in total. The van der Waals surface area contributed by atoms with Crippen molar-refractivity contribution in [3.8, 4) is 22.6 Å². The van der Waals surface area contributed by atoms with Crippen molar-refractivity contribution in [1.29, 1.82) is 0 Å². The van der Waals surface area contributed by atoms with E-state index in [1.165, 1.54) is 18.8 Å². The number of amidine groups is 1. The number of hydrazine groups is 2. The van der Waals surface area contributed by atoms with Crippen LogP contribution in [0, 0.1) is 0 Å².